The zero-order valence-electron chi connectivity index (χ0n) is 8.20. The third-order valence-corrected chi connectivity index (χ3v) is 2.69. The third-order valence-electron chi connectivity index (χ3n) is 2.69. The molecular formula is C8H17BN2O2. The first kappa shape index (κ1) is 10.7. The van der Waals surface area contributed by atoms with Gasteiger partial charge < -0.3 is 15.4 Å². The molecule has 13 heavy (non-hydrogen) atoms. The fourth-order valence-electron chi connectivity index (χ4n) is 1.76. The van der Waals surface area contributed by atoms with Gasteiger partial charge in [0.25, 0.3) is 0 Å². The molecule has 0 saturated carbocycles. The number of hydrogen-bond acceptors (Lipinski definition) is 4. The van der Waals surface area contributed by atoms with Gasteiger partial charge in [-0.2, -0.15) is 0 Å². The van der Waals surface area contributed by atoms with Gasteiger partial charge in [-0.3, -0.25) is 4.99 Å². The normalized spacial score (nSPS) is 34.4. The molecule has 0 saturated heterocycles. The first-order valence-electron chi connectivity index (χ1n) is 4.65. The Labute approximate surface area is 79.5 Å². The number of aliphatic imine (C=N–C) groups is 1. The summed E-state index contributed by atoms with van der Waals surface area (Å²) in [5.74, 6) is 0.179. The molecule has 0 aromatic carbocycles. The number of nitrogens with one attached hydrogen (secondary N) is 1. The molecule has 3 atom stereocenters. The van der Waals surface area contributed by atoms with Gasteiger partial charge in [0.05, 0.1) is 6.10 Å². The Balaban J connectivity index is 2.68. The molecule has 0 aliphatic carbocycles. The van der Waals surface area contributed by atoms with E-state index in [-0.39, 0.29) is 18.4 Å². The number of hydrogen-bond donors (Lipinski definition) is 3. The maximum atomic E-state index is 9.79. The van der Waals surface area contributed by atoms with Gasteiger partial charge in [0.2, 0.25) is 0 Å². The van der Waals surface area contributed by atoms with Crippen LogP contribution in [0.4, 0.5) is 0 Å². The van der Waals surface area contributed by atoms with Crippen LogP contribution in [-0.4, -0.2) is 49.7 Å². The lowest BCUT2D eigenvalue weighted by molar-refractivity contribution is 0.0862. The summed E-state index contributed by atoms with van der Waals surface area (Å²) >= 11 is 0. The van der Waals surface area contributed by atoms with E-state index < -0.39 is 6.10 Å². The number of nitrogens with zero attached hydrogens (tertiary/aromatic N) is 1. The first-order valence-corrected chi connectivity index (χ1v) is 4.65. The number of aliphatic hydroxyl groups excluding tert-OH is 2. The Morgan fingerprint density at radius 3 is 2.92 bits per heavy atom. The average molecular weight is 184 g/mol. The second-order valence-electron chi connectivity index (χ2n) is 3.59. The smallest absolute Gasteiger partial charge is 0.181 e. The second kappa shape index (κ2) is 4.74. The van der Waals surface area contributed by atoms with Crippen LogP contribution in [0.5, 0.6) is 0 Å². The Bertz CT molecular complexity index is 199. The molecule has 0 amide bonds. The van der Waals surface area contributed by atoms with E-state index in [9.17, 15) is 5.11 Å². The average Bonchev–Trinajstić information content (AvgIpc) is 2.14. The molecule has 1 aliphatic rings. The maximum absolute atomic E-state index is 9.79. The van der Waals surface area contributed by atoms with Gasteiger partial charge in [0, 0.05) is 30.7 Å². The summed E-state index contributed by atoms with van der Waals surface area (Å²) < 4.78 is 0. The Morgan fingerprint density at radius 1 is 1.69 bits per heavy atom. The van der Waals surface area contributed by atoms with Crippen molar-refractivity contribution in [3.63, 3.8) is 0 Å². The highest BCUT2D eigenvalue weighted by Crippen LogP contribution is 2.21. The van der Waals surface area contributed by atoms with Crippen molar-refractivity contribution in [2.75, 3.05) is 19.7 Å². The Kier molecular flexibility index (Phi) is 3.90. The van der Waals surface area contributed by atoms with Crippen LogP contribution in [0.15, 0.2) is 4.99 Å². The fourth-order valence-corrected chi connectivity index (χ4v) is 1.76. The lowest BCUT2D eigenvalue weighted by atomic mass is 9.83. The zero-order chi connectivity index (χ0) is 9.84. The van der Waals surface area contributed by atoms with Crippen LogP contribution >= 0.6 is 0 Å². The summed E-state index contributed by atoms with van der Waals surface area (Å²) in [4.78, 5) is 4.17. The molecule has 0 bridgehead atoms. The van der Waals surface area contributed by atoms with E-state index in [4.69, 9.17) is 5.11 Å². The molecule has 0 spiro atoms. The maximum Gasteiger partial charge on any atom is 0.181 e. The predicted octanol–water partition coefficient (Wildman–Crippen LogP) is -1.82. The third kappa shape index (κ3) is 2.30. The molecule has 0 fully saturated rings. The van der Waals surface area contributed by atoms with Crippen LogP contribution in [0.3, 0.4) is 0 Å². The van der Waals surface area contributed by atoms with Crippen molar-refractivity contribution in [3.8, 4) is 0 Å². The van der Waals surface area contributed by atoms with Crippen LogP contribution in [0.2, 0.25) is 0 Å². The quantitative estimate of drug-likeness (QED) is 0.452. The molecule has 1 rings (SSSR count). The molecule has 5 heteroatoms. The van der Waals surface area contributed by atoms with E-state index in [1.165, 1.54) is 0 Å². The minimum Gasteiger partial charge on any atom is -0.396 e. The summed E-state index contributed by atoms with van der Waals surface area (Å²) in [6.07, 6.45) is -0.502. The predicted molar refractivity (Wildman–Crippen MR) is 54.6 cm³/mol. The molecule has 4 nitrogen and oxygen atoms in total. The van der Waals surface area contributed by atoms with Crippen molar-refractivity contribution >= 4 is 13.7 Å². The highest BCUT2D eigenvalue weighted by molar-refractivity contribution is 6.04. The molecule has 0 aromatic heterocycles. The van der Waals surface area contributed by atoms with Crippen LogP contribution in [0, 0.1) is 11.8 Å². The van der Waals surface area contributed by atoms with E-state index in [2.05, 4.69) is 10.2 Å². The molecule has 0 aromatic rings. The Hall–Kier alpha value is -0.385. The molecular weight excluding hydrogens is 167 g/mol. The SMILES string of the molecule is BNCC1C(CO)CN=C(C)C1O. The van der Waals surface area contributed by atoms with Crippen LogP contribution in [0.1, 0.15) is 6.92 Å². The minimum atomic E-state index is -0.502. The Morgan fingerprint density at radius 2 is 2.38 bits per heavy atom. The largest absolute Gasteiger partial charge is 0.396 e. The summed E-state index contributed by atoms with van der Waals surface area (Å²) in [7, 11) is 1.85. The lowest BCUT2D eigenvalue weighted by Crippen LogP contribution is -2.45. The summed E-state index contributed by atoms with van der Waals surface area (Å²) in [6.45, 7) is 3.28. The zero-order valence-corrected chi connectivity index (χ0v) is 8.20. The number of rotatable bonds is 3. The number of aliphatic hydroxyl groups is 2. The van der Waals surface area contributed by atoms with Crippen molar-refractivity contribution in [1.82, 2.24) is 5.23 Å². The van der Waals surface area contributed by atoms with Gasteiger partial charge in [0.15, 0.2) is 7.98 Å². The highest BCUT2D eigenvalue weighted by Gasteiger charge is 2.32. The monoisotopic (exact) mass is 184 g/mol. The summed E-state index contributed by atoms with van der Waals surface area (Å²) in [5, 5.41) is 21.9. The molecule has 3 N–H and O–H groups in total. The topological polar surface area (TPSA) is 64.8 Å². The van der Waals surface area contributed by atoms with Gasteiger partial charge in [-0.1, -0.05) is 0 Å². The van der Waals surface area contributed by atoms with Crippen molar-refractivity contribution in [1.29, 1.82) is 0 Å². The van der Waals surface area contributed by atoms with Gasteiger partial charge >= 0.3 is 0 Å². The summed E-state index contributed by atoms with van der Waals surface area (Å²) in [5.41, 5.74) is 0.782. The summed E-state index contributed by atoms with van der Waals surface area (Å²) in [6, 6.07) is 0. The van der Waals surface area contributed by atoms with E-state index in [0.717, 1.165) is 12.3 Å². The van der Waals surface area contributed by atoms with Crippen molar-refractivity contribution < 1.29 is 10.2 Å². The van der Waals surface area contributed by atoms with Crippen LogP contribution in [0.25, 0.3) is 0 Å². The fraction of sp³-hybridized carbons (Fsp3) is 0.875. The van der Waals surface area contributed by atoms with Gasteiger partial charge in [0.1, 0.15) is 0 Å². The van der Waals surface area contributed by atoms with E-state index >= 15 is 0 Å². The van der Waals surface area contributed by atoms with E-state index in [0.29, 0.717) is 6.54 Å². The van der Waals surface area contributed by atoms with Gasteiger partial charge in [-0.15, -0.1) is 0 Å². The van der Waals surface area contributed by atoms with Gasteiger partial charge in [-0.25, -0.2) is 0 Å². The molecule has 1 heterocycles. The standard InChI is InChI=1S/C8H17BN2O2/c1-5-8(13)7(3-11-9)6(4-12)2-10-5/h6-8,11-13H,2-4,9H2,1H3. The first-order chi connectivity index (χ1) is 6.20. The van der Waals surface area contributed by atoms with Crippen molar-refractivity contribution in [3.05, 3.63) is 0 Å². The van der Waals surface area contributed by atoms with Crippen molar-refractivity contribution in [2.45, 2.75) is 13.0 Å². The minimum absolute atomic E-state index is 0.0890. The van der Waals surface area contributed by atoms with E-state index in [1.54, 1.807) is 0 Å². The lowest BCUT2D eigenvalue weighted by Gasteiger charge is -2.32. The molecule has 3 unspecified atom stereocenters. The van der Waals surface area contributed by atoms with E-state index in [1.807, 2.05) is 14.9 Å². The van der Waals surface area contributed by atoms with Crippen LogP contribution < -0.4 is 5.23 Å². The molecule has 74 valence electrons. The molecule has 1 aliphatic heterocycles. The van der Waals surface area contributed by atoms with Crippen molar-refractivity contribution in [2.24, 2.45) is 16.8 Å². The highest BCUT2D eigenvalue weighted by atomic mass is 16.3. The van der Waals surface area contributed by atoms with Gasteiger partial charge in [-0.05, 0) is 13.5 Å². The second-order valence-corrected chi connectivity index (χ2v) is 3.59. The van der Waals surface area contributed by atoms with Crippen LogP contribution in [-0.2, 0) is 0 Å². The molecule has 0 radical (unpaired) electrons.